The van der Waals surface area contributed by atoms with Gasteiger partial charge in [0.2, 0.25) is 0 Å². The van der Waals surface area contributed by atoms with Gasteiger partial charge in [-0.3, -0.25) is 0 Å². The van der Waals surface area contributed by atoms with Crippen LogP contribution >= 0.6 is 0 Å². The first kappa shape index (κ1) is 14.1. The molecule has 3 rings (SSSR count). The fraction of sp³-hybridized carbons (Fsp3) is 0.667. The minimum absolute atomic E-state index is 0.195. The lowest BCUT2D eigenvalue weighted by molar-refractivity contribution is -0.157. The Balaban J connectivity index is 1.79. The largest absolute Gasteiger partial charge is 0.385 e. The number of rotatable bonds is 3. The lowest BCUT2D eigenvalue weighted by Gasteiger charge is -2.43. The van der Waals surface area contributed by atoms with Gasteiger partial charge in [-0.15, -0.1) is 0 Å². The predicted molar refractivity (Wildman–Crippen MR) is 80.8 cm³/mol. The molecule has 1 N–H and O–H groups in total. The zero-order valence-electron chi connectivity index (χ0n) is 12.7. The summed E-state index contributed by atoms with van der Waals surface area (Å²) in [6.07, 6.45) is 6.35. The Hall–Kier alpha value is -0.860. The van der Waals surface area contributed by atoms with Gasteiger partial charge in [-0.1, -0.05) is 37.6 Å². The van der Waals surface area contributed by atoms with Gasteiger partial charge in [0.15, 0.2) is 0 Å². The van der Waals surface area contributed by atoms with Crippen molar-refractivity contribution in [1.82, 2.24) is 0 Å². The van der Waals surface area contributed by atoms with Crippen LogP contribution in [0.1, 0.15) is 69.4 Å². The molecule has 2 fully saturated rings. The highest BCUT2D eigenvalue weighted by Crippen LogP contribution is 2.42. The molecule has 2 heteroatoms. The van der Waals surface area contributed by atoms with E-state index in [1.54, 1.807) is 0 Å². The average molecular weight is 274 g/mol. The van der Waals surface area contributed by atoms with E-state index in [-0.39, 0.29) is 5.60 Å². The zero-order valence-corrected chi connectivity index (χ0v) is 12.7. The molecule has 1 heterocycles. The Labute approximate surface area is 122 Å². The number of hydrogen-bond acceptors (Lipinski definition) is 2. The van der Waals surface area contributed by atoms with Gasteiger partial charge in [0, 0.05) is 12.8 Å². The first-order chi connectivity index (χ1) is 9.55. The molecule has 1 saturated heterocycles. The summed E-state index contributed by atoms with van der Waals surface area (Å²) in [5.41, 5.74) is 1.58. The normalized spacial score (nSPS) is 34.8. The molecule has 1 aliphatic heterocycles. The summed E-state index contributed by atoms with van der Waals surface area (Å²) >= 11 is 0. The number of hydrogen-bond donors (Lipinski definition) is 1. The van der Waals surface area contributed by atoms with Crippen LogP contribution in [0.25, 0.3) is 0 Å². The summed E-state index contributed by atoms with van der Waals surface area (Å²) < 4.78 is 5.86. The molecular weight excluding hydrogens is 248 g/mol. The fourth-order valence-corrected chi connectivity index (χ4v) is 3.50. The van der Waals surface area contributed by atoms with Gasteiger partial charge in [-0.25, -0.2) is 0 Å². The van der Waals surface area contributed by atoms with E-state index in [2.05, 4.69) is 38.1 Å². The van der Waals surface area contributed by atoms with Gasteiger partial charge in [0.1, 0.15) is 0 Å². The molecule has 20 heavy (non-hydrogen) atoms. The highest BCUT2D eigenvalue weighted by molar-refractivity contribution is 5.30. The quantitative estimate of drug-likeness (QED) is 0.898. The molecular formula is C18H26O2. The van der Waals surface area contributed by atoms with E-state index < -0.39 is 5.60 Å². The van der Waals surface area contributed by atoms with Crippen LogP contribution in [0.2, 0.25) is 0 Å². The van der Waals surface area contributed by atoms with Gasteiger partial charge in [0.25, 0.3) is 0 Å². The summed E-state index contributed by atoms with van der Waals surface area (Å²) in [5, 5.41) is 11.0. The topological polar surface area (TPSA) is 29.5 Å². The van der Waals surface area contributed by atoms with E-state index in [0.29, 0.717) is 19.4 Å². The Bertz CT molecular complexity index is 463. The van der Waals surface area contributed by atoms with E-state index in [1.807, 2.05) is 0 Å². The standard InChI is InChI=1S/C18H26O2/c1-3-17(2)13-18(19,11-12-20-17)16-9-7-15(8-10-16)14-5-4-6-14/h7-10,14,19H,3-6,11-13H2,1-2H3. The zero-order chi connectivity index (χ0) is 14.2. The van der Waals surface area contributed by atoms with Crippen LogP contribution < -0.4 is 0 Å². The second-order valence-electron chi connectivity index (χ2n) is 6.86. The molecule has 1 aromatic rings. The van der Waals surface area contributed by atoms with E-state index in [1.165, 1.54) is 24.8 Å². The lowest BCUT2D eigenvalue weighted by atomic mass is 9.76. The maximum absolute atomic E-state index is 11.0. The maximum atomic E-state index is 11.0. The number of aliphatic hydroxyl groups is 1. The molecule has 1 aromatic carbocycles. The molecule has 1 saturated carbocycles. The number of ether oxygens (including phenoxy) is 1. The second kappa shape index (κ2) is 5.16. The van der Waals surface area contributed by atoms with E-state index in [0.717, 1.165) is 17.9 Å². The van der Waals surface area contributed by atoms with Crippen molar-refractivity contribution in [2.45, 2.75) is 69.5 Å². The second-order valence-corrected chi connectivity index (χ2v) is 6.86. The van der Waals surface area contributed by atoms with Gasteiger partial charge in [-0.05, 0) is 43.2 Å². The molecule has 0 radical (unpaired) electrons. The van der Waals surface area contributed by atoms with Gasteiger partial charge in [-0.2, -0.15) is 0 Å². The average Bonchev–Trinajstić information content (AvgIpc) is 2.37. The molecule has 0 bridgehead atoms. The Morgan fingerprint density at radius 1 is 1.25 bits per heavy atom. The smallest absolute Gasteiger partial charge is 0.0945 e. The number of benzene rings is 1. The maximum Gasteiger partial charge on any atom is 0.0945 e. The highest BCUT2D eigenvalue weighted by atomic mass is 16.5. The minimum Gasteiger partial charge on any atom is -0.385 e. The van der Waals surface area contributed by atoms with Crippen LogP contribution in [0.15, 0.2) is 24.3 Å². The van der Waals surface area contributed by atoms with Crippen molar-refractivity contribution in [3.05, 3.63) is 35.4 Å². The first-order valence-corrected chi connectivity index (χ1v) is 8.01. The van der Waals surface area contributed by atoms with Crippen LogP contribution in [-0.2, 0) is 10.3 Å². The third kappa shape index (κ3) is 2.51. The van der Waals surface area contributed by atoms with E-state index in [4.69, 9.17) is 4.74 Å². The molecule has 0 aromatic heterocycles. The molecule has 110 valence electrons. The van der Waals surface area contributed by atoms with Crippen LogP contribution in [0.5, 0.6) is 0 Å². The minimum atomic E-state index is -0.721. The summed E-state index contributed by atoms with van der Waals surface area (Å²) in [6.45, 7) is 4.89. The summed E-state index contributed by atoms with van der Waals surface area (Å²) in [7, 11) is 0. The van der Waals surface area contributed by atoms with E-state index >= 15 is 0 Å². The Morgan fingerprint density at radius 3 is 2.50 bits per heavy atom. The van der Waals surface area contributed by atoms with Crippen LogP contribution in [0.4, 0.5) is 0 Å². The molecule has 0 spiro atoms. The van der Waals surface area contributed by atoms with Crippen molar-refractivity contribution in [3.63, 3.8) is 0 Å². The van der Waals surface area contributed by atoms with Crippen molar-refractivity contribution in [2.75, 3.05) is 6.61 Å². The van der Waals surface area contributed by atoms with Gasteiger partial charge < -0.3 is 9.84 Å². The molecule has 1 aliphatic carbocycles. The van der Waals surface area contributed by atoms with E-state index in [9.17, 15) is 5.11 Å². The molecule has 2 nitrogen and oxygen atoms in total. The van der Waals surface area contributed by atoms with Crippen molar-refractivity contribution in [3.8, 4) is 0 Å². The SMILES string of the molecule is CCC1(C)CC(O)(c2ccc(C3CCC3)cc2)CCO1. The van der Waals surface area contributed by atoms with Crippen LogP contribution in [0.3, 0.4) is 0 Å². The summed E-state index contributed by atoms with van der Waals surface area (Å²) in [5.74, 6) is 0.759. The lowest BCUT2D eigenvalue weighted by Crippen LogP contribution is -2.45. The third-order valence-corrected chi connectivity index (χ3v) is 5.41. The Morgan fingerprint density at radius 2 is 1.95 bits per heavy atom. The highest BCUT2D eigenvalue weighted by Gasteiger charge is 2.42. The predicted octanol–water partition coefficient (Wildman–Crippen LogP) is 4.12. The van der Waals surface area contributed by atoms with Crippen molar-refractivity contribution in [2.24, 2.45) is 0 Å². The monoisotopic (exact) mass is 274 g/mol. The third-order valence-electron chi connectivity index (χ3n) is 5.41. The van der Waals surface area contributed by atoms with Crippen LogP contribution in [0, 0.1) is 0 Å². The summed E-state index contributed by atoms with van der Waals surface area (Å²) in [4.78, 5) is 0. The molecule has 2 aliphatic rings. The van der Waals surface area contributed by atoms with Crippen molar-refractivity contribution < 1.29 is 9.84 Å². The van der Waals surface area contributed by atoms with Gasteiger partial charge >= 0.3 is 0 Å². The van der Waals surface area contributed by atoms with Crippen LogP contribution in [-0.4, -0.2) is 17.3 Å². The molecule has 0 amide bonds. The first-order valence-electron chi connectivity index (χ1n) is 8.01. The van der Waals surface area contributed by atoms with Gasteiger partial charge in [0.05, 0.1) is 17.8 Å². The fourth-order valence-electron chi connectivity index (χ4n) is 3.50. The van der Waals surface area contributed by atoms with Crippen molar-refractivity contribution in [1.29, 1.82) is 0 Å². The molecule has 2 atom stereocenters. The van der Waals surface area contributed by atoms with Crippen molar-refractivity contribution >= 4 is 0 Å². The Kier molecular flexibility index (Phi) is 3.64. The summed E-state index contributed by atoms with van der Waals surface area (Å²) in [6, 6.07) is 8.70. The molecule has 2 unspecified atom stereocenters.